The molecule has 67 heavy (non-hydrogen) atoms. The molecule has 0 radical (unpaired) electrons. The van der Waals surface area contributed by atoms with Crippen LogP contribution in [-0.4, -0.2) is 37.2 Å². The SMILES string of the molecule is CC/C=C/C/C=C/C/C=C/C/C=C/C/C=C/C/C=C/CCC(=O)OC[C@@H](COC(=O)CCCCCCCCCCCCCCC)OC(=O)CCCCCC/C=C/C/C=C/C/C=C/CCCCC. The number of carbonyl (C=O) groups is 3. The van der Waals surface area contributed by atoms with Crippen molar-refractivity contribution in [2.24, 2.45) is 0 Å². The van der Waals surface area contributed by atoms with E-state index < -0.39 is 6.10 Å². The average Bonchev–Trinajstić information content (AvgIpc) is 3.33. The quantitative estimate of drug-likeness (QED) is 0.0262. The third kappa shape index (κ3) is 52.9. The van der Waals surface area contributed by atoms with Crippen LogP contribution < -0.4 is 0 Å². The highest BCUT2D eigenvalue weighted by atomic mass is 16.6. The second-order valence-electron chi connectivity index (χ2n) is 17.8. The Kier molecular flexibility index (Phi) is 51.5. The third-order valence-electron chi connectivity index (χ3n) is 11.3. The molecule has 0 aromatic carbocycles. The molecule has 0 unspecified atom stereocenters. The number of ether oxygens (including phenoxy) is 3. The molecule has 0 N–H and O–H groups in total. The van der Waals surface area contributed by atoms with Gasteiger partial charge in [-0.3, -0.25) is 14.4 Å². The van der Waals surface area contributed by atoms with E-state index in [1.807, 2.05) is 6.08 Å². The number of carbonyl (C=O) groups excluding carboxylic acids is 3. The molecule has 0 aromatic heterocycles. The van der Waals surface area contributed by atoms with Gasteiger partial charge in [-0.2, -0.15) is 0 Å². The molecule has 6 heteroatoms. The van der Waals surface area contributed by atoms with Crippen LogP contribution in [0.15, 0.2) is 109 Å². The van der Waals surface area contributed by atoms with Crippen molar-refractivity contribution in [3.8, 4) is 0 Å². The van der Waals surface area contributed by atoms with E-state index in [-0.39, 0.29) is 44.0 Å². The van der Waals surface area contributed by atoms with Gasteiger partial charge >= 0.3 is 17.9 Å². The molecule has 0 amide bonds. The second kappa shape index (κ2) is 54.7. The van der Waals surface area contributed by atoms with Gasteiger partial charge in [0.05, 0.1) is 0 Å². The van der Waals surface area contributed by atoms with Crippen LogP contribution in [0, 0.1) is 0 Å². The van der Waals surface area contributed by atoms with Crippen LogP contribution in [0.5, 0.6) is 0 Å². The first-order valence-corrected chi connectivity index (χ1v) is 27.4. The smallest absolute Gasteiger partial charge is 0.306 e. The van der Waals surface area contributed by atoms with E-state index in [2.05, 4.69) is 124 Å². The van der Waals surface area contributed by atoms with Crippen molar-refractivity contribution in [2.45, 2.75) is 245 Å². The first-order valence-electron chi connectivity index (χ1n) is 27.4. The van der Waals surface area contributed by atoms with Gasteiger partial charge < -0.3 is 14.2 Å². The Labute approximate surface area is 412 Å². The van der Waals surface area contributed by atoms with Gasteiger partial charge in [0.2, 0.25) is 0 Å². The Balaban J connectivity index is 4.55. The minimum absolute atomic E-state index is 0.110. The number of hydrogen-bond donors (Lipinski definition) is 0. The normalized spacial score (nSPS) is 12.9. The summed E-state index contributed by atoms with van der Waals surface area (Å²) in [4.78, 5) is 38.0. The van der Waals surface area contributed by atoms with Crippen molar-refractivity contribution >= 4 is 17.9 Å². The molecule has 0 bridgehead atoms. The van der Waals surface area contributed by atoms with Crippen LogP contribution in [0.1, 0.15) is 239 Å². The fraction of sp³-hybridized carbons (Fsp3) is 0.656. The van der Waals surface area contributed by atoms with E-state index in [0.29, 0.717) is 12.8 Å². The summed E-state index contributed by atoms with van der Waals surface area (Å²) in [7, 11) is 0. The van der Waals surface area contributed by atoms with Crippen molar-refractivity contribution in [2.75, 3.05) is 13.2 Å². The number of allylic oxidation sites excluding steroid dienone is 18. The molecule has 0 fully saturated rings. The summed E-state index contributed by atoms with van der Waals surface area (Å²) in [5.74, 6) is -1.02. The lowest BCUT2D eigenvalue weighted by molar-refractivity contribution is -0.166. The van der Waals surface area contributed by atoms with Gasteiger partial charge in [-0.1, -0.05) is 233 Å². The molecule has 0 aliphatic heterocycles. The predicted octanol–water partition coefficient (Wildman–Crippen LogP) is 18.3. The van der Waals surface area contributed by atoms with E-state index in [9.17, 15) is 14.4 Å². The largest absolute Gasteiger partial charge is 0.462 e. The third-order valence-corrected chi connectivity index (χ3v) is 11.3. The van der Waals surface area contributed by atoms with Gasteiger partial charge in [0.25, 0.3) is 0 Å². The van der Waals surface area contributed by atoms with Crippen LogP contribution in [0.25, 0.3) is 0 Å². The zero-order chi connectivity index (χ0) is 48.6. The predicted molar refractivity (Wildman–Crippen MR) is 288 cm³/mol. The fourth-order valence-corrected chi connectivity index (χ4v) is 7.18. The maximum atomic E-state index is 12.8. The first kappa shape index (κ1) is 63.1. The van der Waals surface area contributed by atoms with Gasteiger partial charge in [0, 0.05) is 19.3 Å². The molecule has 1 atom stereocenters. The van der Waals surface area contributed by atoms with Crippen LogP contribution in [0.2, 0.25) is 0 Å². The maximum Gasteiger partial charge on any atom is 0.306 e. The van der Waals surface area contributed by atoms with E-state index >= 15 is 0 Å². The highest BCUT2D eigenvalue weighted by molar-refractivity contribution is 5.71. The van der Waals surface area contributed by atoms with Gasteiger partial charge in [0.15, 0.2) is 6.10 Å². The zero-order valence-electron chi connectivity index (χ0n) is 43.4. The highest BCUT2D eigenvalue weighted by Gasteiger charge is 2.19. The monoisotopic (exact) mass is 929 g/mol. The van der Waals surface area contributed by atoms with Crippen LogP contribution >= 0.6 is 0 Å². The summed E-state index contributed by atoms with van der Waals surface area (Å²) >= 11 is 0. The maximum absolute atomic E-state index is 12.8. The van der Waals surface area contributed by atoms with Crippen molar-refractivity contribution in [1.82, 2.24) is 0 Å². The summed E-state index contributed by atoms with van der Waals surface area (Å²) in [5, 5.41) is 0. The van der Waals surface area contributed by atoms with E-state index in [1.165, 1.54) is 89.9 Å². The summed E-state index contributed by atoms with van der Waals surface area (Å²) in [6, 6.07) is 0. The van der Waals surface area contributed by atoms with E-state index in [1.54, 1.807) is 0 Å². The van der Waals surface area contributed by atoms with E-state index in [0.717, 1.165) is 103 Å². The minimum Gasteiger partial charge on any atom is -0.462 e. The lowest BCUT2D eigenvalue weighted by Crippen LogP contribution is -2.30. The van der Waals surface area contributed by atoms with Crippen molar-refractivity contribution in [3.63, 3.8) is 0 Å². The van der Waals surface area contributed by atoms with Gasteiger partial charge in [-0.15, -0.1) is 0 Å². The summed E-state index contributed by atoms with van der Waals surface area (Å²) < 4.78 is 16.7. The number of esters is 3. The summed E-state index contributed by atoms with van der Waals surface area (Å²) in [6.45, 7) is 6.41. The topological polar surface area (TPSA) is 78.9 Å². The molecular weight excluding hydrogens is 829 g/mol. The zero-order valence-corrected chi connectivity index (χ0v) is 43.4. The molecule has 0 rings (SSSR count). The standard InChI is InChI=1S/C61H100O6/c1-4-7-10-13-16-19-22-25-27-29-30-32-33-36-39-42-45-48-51-54-60(63)66-57-58(56-65-59(62)53-50-47-44-41-38-35-24-21-18-15-12-9-6-3)67-61(64)55-52-49-46-43-40-37-34-31-28-26-23-20-17-14-11-8-5-2/h7,10,16-17,19-20,25-28,30,32,34,36-37,39,45,48,58H,4-6,8-9,11-15,18,21-24,29,31,33,35,38,40-44,46-47,49-57H2,1-3H3/b10-7+,19-16+,20-17+,27-25+,28-26+,32-30+,37-34+,39-36+,48-45+/t58-/m1/s1. The molecule has 0 aliphatic carbocycles. The molecule has 380 valence electrons. The lowest BCUT2D eigenvalue weighted by Gasteiger charge is -2.18. The Hall–Kier alpha value is -3.93. The van der Waals surface area contributed by atoms with Crippen LogP contribution in [-0.2, 0) is 28.6 Å². The van der Waals surface area contributed by atoms with Crippen LogP contribution in [0.3, 0.4) is 0 Å². The van der Waals surface area contributed by atoms with Crippen LogP contribution in [0.4, 0.5) is 0 Å². The highest BCUT2D eigenvalue weighted by Crippen LogP contribution is 2.14. The minimum atomic E-state index is -0.820. The van der Waals surface area contributed by atoms with Gasteiger partial charge in [-0.25, -0.2) is 0 Å². The Morgan fingerprint density at radius 2 is 0.612 bits per heavy atom. The Morgan fingerprint density at radius 3 is 1.03 bits per heavy atom. The Morgan fingerprint density at radius 1 is 0.313 bits per heavy atom. The number of rotatable bonds is 48. The molecule has 0 aromatic rings. The first-order chi connectivity index (χ1) is 33.0. The number of hydrogen-bond acceptors (Lipinski definition) is 6. The molecule has 0 spiro atoms. The van der Waals surface area contributed by atoms with Crippen molar-refractivity contribution in [3.05, 3.63) is 109 Å². The number of unbranched alkanes of at least 4 members (excludes halogenated alkanes) is 19. The summed E-state index contributed by atoms with van der Waals surface area (Å²) in [6.07, 6.45) is 73.7. The molecule has 0 saturated carbocycles. The van der Waals surface area contributed by atoms with Gasteiger partial charge in [-0.05, 0) is 96.3 Å². The molecule has 0 saturated heterocycles. The molecule has 0 aliphatic rings. The second-order valence-corrected chi connectivity index (χ2v) is 17.8. The fourth-order valence-electron chi connectivity index (χ4n) is 7.18. The molecular formula is C61H100O6. The molecule has 6 nitrogen and oxygen atoms in total. The summed E-state index contributed by atoms with van der Waals surface area (Å²) in [5.41, 5.74) is 0. The Bertz CT molecular complexity index is 1390. The van der Waals surface area contributed by atoms with Crippen molar-refractivity contribution in [1.29, 1.82) is 0 Å². The van der Waals surface area contributed by atoms with E-state index in [4.69, 9.17) is 14.2 Å². The van der Waals surface area contributed by atoms with Crippen molar-refractivity contribution < 1.29 is 28.6 Å². The lowest BCUT2D eigenvalue weighted by atomic mass is 10.0. The average molecular weight is 929 g/mol. The van der Waals surface area contributed by atoms with Gasteiger partial charge in [0.1, 0.15) is 13.2 Å². The molecule has 0 heterocycles.